The molecule has 0 saturated carbocycles. The van der Waals surface area contributed by atoms with E-state index in [-0.39, 0.29) is 11.9 Å². The van der Waals surface area contributed by atoms with E-state index in [1.165, 1.54) is 0 Å². The summed E-state index contributed by atoms with van der Waals surface area (Å²) < 4.78 is 5.56. The molecule has 0 bridgehead atoms. The highest BCUT2D eigenvalue weighted by Gasteiger charge is 2.07. The highest BCUT2D eigenvalue weighted by molar-refractivity contribution is 6.32. The summed E-state index contributed by atoms with van der Waals surface area (Å²) in [7, 11) is 3.49. The van der Waals surface area contributed by atoms with E-state index >= 15 is 0 Å². The van der Waals surface area contributed by atoms with Crippen LogP contribution in [0.5, 0.6) is 5.75 Å². The van der Waals surface area contributed by atoms with Crippen molar-refractivity contribution in [3.63, 3.8) is 0 Å². The van der Waals surface area contributed by atoms with Crippen molar-refractivity contribution in [3.05, 3.63) is 28.8 Å². The van der Waals surface area contributed by atoms with Gasteiger partial charge in [-0.25, -0.2) is 0 Å². The van der Waals surface area contributed by atoms with Gasteiger partial charge in [0, 0.05) is 26.6 Å². The highest BCUT2D eigenvalue weighted by atomic mass is 35.5. The standard InChI is InChI=1S/C14H21ClN2O2/c1-10(16)11-6-7-13(12(15)9-11)19-8-4-5-14(18)17(2)3/h6-7,9-10H,4-5,8,16H2,1-3H3/t10-/m0/s1. The minimum absolute atomic E-state index is 0.0516. The first-order chi connectivity index (χ1) is 8.91. The molecule has 0 aliphatic carbocycles. The van der Waals surface area contributed by atoms with Gasteiger partial charge in [0.15, 0.2) is 0 Å². The van der Waals surface area contributed by atoms with E-state index in [4.69, 9.17) is 22.1 Å². The molecular weight excluding hydrogens is 264 g/mol. The van der Waals surface area contributed by atoms with Crippen LogP contribution in [-0.2, 0) is 4.79 Å². The Hall–Kier alpha value is -1.26. The third-order valence-electron chi connectivity index (χ3n) is 2.77. The van der Waals surface area contributed by atoms with E-state index in [0.29, 0.717) is 30.2 Å². The topological polar surface area (TPSA) is 55.6 Å². The van der Waals surface area contributed by atoms with E-state index in [9.17, 15) is 4.79 Å². The summed E-state index contributed by atoms with van der Waals surface area (Å²) in [5, 5.41) is 0.550. The molecular formula is C14H21ClN2O2. The molecule has 0 spiro atoms. The van der Waals surface area contributed by atoms with Crippen LogP contribution in [0.1, 0.15) is 31.4 Å². The molecule has 1 aromatic carbocycles. The molecule has 19 heavy (non-hydrogen) atoms. The van der Waals surface area contributed by atoms with Crippen molar-refractivity contribution in [3.8, 4) is 5.75 Å². The fourth-order valence-corrected chi connectivity index (χ4v) is 1.79. The molecule has 1 aromatic rings. The molecule has 1 rings (SSSR count). The van der Waals surface area contributed by atoms with Gasteiger partial charge in [-0.05, 0) is 31.0 Å². The van der Waals surface area contributed by atoms with Gasteiger partial charge in [0.2, 0.25) is 5.91 Å². The Balaban J connectivity index is 2.44. The zero-order valence-electron chi connectivity index (χ0n) is 11.6. The number of nitrogens with two attached hydrogens (primary N) is 1. The Kier molecular flexibility index (Phi) is 6.12. The van der Waals surface area contributed by atoms with E-state index in [0.717, 1.165) is 5.56 Å². The second-order valence-corrected chi connectivity index (χ2v) is 5.13. The lowest BCUT2D eigenvalue weighted by Crippen LogP contribution is -2.21. The minimum atomic E-state index is -0.0516. The maximum atomic E-state index is 11.4. The molecule has 1 atom stereocenters. The molecule has 0 aromatic heterocycles. The first kappa shape index (κ1) is 15.8. The fourth-order valence-electron chi connectivity index (χ4n) is 1.55. The van der Waals surface area contributed by atoms with Gasteiger partial charge in [-0.15, -0.1) is 0 Å². The molecule has 1 amide bonds. The summed E-state index contributed by atoms with van der Waals surface area (Å²) in [6, 6.07) is 5.47. The van der Waals surface area contributed by atoms with Crippen LogP contribution < -0.4 is 10.5 Å². The molecule has 0 radical (unpaired) electrons. The normalized spacial score (nSPS) is 12.1. The van der Waals surface area contributed by atoms with E-state index in [1.807, 2.05) is 25.1 Å². The van der Waals surface area contributed by atoms with Crippen LogP contribution in [0, 0.1) is 0 Å². The first-order valence-corrected chi connectivity index (χ1v) is 6.67. The van der Waals surface area contributed by atoms with Crippen LogP contribution in [0.25, 0.3) is 0 Å². The Morgan fingerprint density at radius 2 is 2.16 bits per heavy atom. The van der Waals surface area contributed by atoms with Gasteiger partial charge < -0.3 is 15.4 Å². The molecule has 4 nitrogen and oxygen atoms in total. The van der Waals surface area contributed by atoms with Crippen LogP contribution in [0.4, 0.5) is 0 Å². The molecule has 0 unspecified atom stereocenters. The van der Waals surface area contributed by atoms with E-state index in [1.54, 1.807) is 19.0 Å². The van der Waals surface area contributed by atoms with Crippen molar-refractivity contribution in [2.24, 2.45) is 5.73 Å². The quantitative estimate of drug-likeness (QED) is 0.817. The SMILES string of the molecule is C[C@H](N)c1ccc(OCCCC(=O)N(C)C)c(Cl)c1. The van der Waals surface area contributed by atoms with Gasteiger partial charge in [-0.2, -0.15) is 0 Å². The first-order valence-electron chi connectivity index (χ1n) is 6.29. The summed E-state index contributed by atoms with van der Waals surface area (Å²) in [5.74, 6) is 0.727. The molecule has 0 fully saturated rings. The van der Waals surface area contributed by atoms with Crippen molar-refractivity contribution in [2.45, 2.75) is 25.8 Å². The number of amides is 1. The van der Waals surface area contributed by atoms with Gasteiger partial charge >= 0.3 is 0 Å². The van der Waals surface area contributed by atoms with Crippen molar-refractivity contribution in [1.82, 2.24) is 4.90 Å². The zero-order valence-corrected chi connectivity index (χ0v) is 12.4. The second-order valence-electron chi connectivity index (χ2n) is 4.72. The maximum Gasteiger partial charge on any atom is 0.222 e. The predicted octanol–water partition coefficient (Wildman–Crippen LogP) is 2.61. The zero-order chi connectivity index (χ0) is 14.4. The Labute approximate surface area is 119 Å². The maximum absolute atomic E-state index is 11.4. The van der Waals surface area contributed by atoms with Crippen molar-refractivity contribution >= 4 is 17.5 Å². The third-order valence-corrected chi connectivity index (χ3v) is 3.07. The number of rotatable bonds is 6. The average molecular weight is 285 g/mol. The molecule has 0 aliphatic rings. The summed E-state index contributed by atoms with van der Waals surface area (Å²) in [6.07, 6.45) is 1.14. The van der Waals surface area contributed by atoms with Gasteiger partial charge in [0.25, 0.3) is 0 Å². The number of carbonyl (C=O) groups is 1. The lowest BCUT2D eigenvalue weighted by Gasteiger charge is -2.12. The van der Waals surface area contributed by atoms with Crippen molar-refractivity contribution in [1.29, 1.82) is 0 Å². The minimum Gasteiger partial charge on any atom is -0.492 e. The number of halogens is 1. The number of hydrogen-bond donors (Lipinski definition) is 1. The van der Waals surface area contributed by atoms with Crippen LogP contribution in [0.3, 0.4) is 0 Å². The molecule has 0 saturated heterocycles. The Morgan fingerprint density at radius 1 is 1.47 bits per heavy atom. The second kappa shape index (κ2) is 7.36. The molecule has 106 valence electrons. The monoisotopic (exact) mass is 284 g/mol. The van der Waals surface area contributed by atoms with Crippen LogP contribution in [0.2, 0.25) is 5.02 Å². The Morgan fingerprint density at radius 3 is 2.68 bits per heavy atom. The van der Waals surface area contributed by atoms with Gasteiger partial charge in [0.05, 0.1) is 11.6 Å². The number of hydrogen-bond acceptors (Lipinski definition) is 3. The Bertz CT molecular complexity index is 433. The van der Waals surface area contributed by atoms with Crippen molar-refractivity contribution < 1.29 is 9.53 Å². The fraction of sp³-hybridized carbons (Fsp3) is 0.500. The summed E-state index contributed by atoms with van der Waals surface area (Å²) in [5.41, 5.74) is 6.75. The van der Waals surface area contributed by atoms with Crippen molar-refractivity contribution in [2.75, 3.05) is 20.7 Å². The lowest BCUT2D eigenvalue weighted by molar-refractivity contribution is -0.128. The number of ether oxygens (including phenoxy) is 1. The van der Waals surface area contributed by atoms with Crippen LogP contribution in [0.15, 0.2) is 18.2 Å². The highest BCUT2D eigenvalue weighted by Crippen LogP contribution is 2.27. The smallest absolute Gasteiger partial charge is 0.222 e. The summed E-state index contributed by atoms with van der Waals surface area (Å²) in [6.45, 7) is 2.37. The molecule has 0 heterocycles. The average Bonchev–Trinajstić information content (AvgIpc) is 2.35. The molecule has 5 heteroatoms. The largest absolute Gasteiger partial charge is 0.492 e. The number of carbonyl (C=O) groups excluding carboxylic acids is 1. The van der Waals surface area contributed by atoms with Crippen LogP contribution >= 0.6 is 11.6 Å². The lowest BCUT2D eigenvalue weighted by atomic mass is 10.1. The number of benzene rings is 1. The van der Waals surface area contributed by atoms with Gasteiger partial charge in [0.1, 0.15) is 5.75 Å². The van der Waals surface area contributed by atoms with Gasteiger partial charge in [-0.1, -0.05) is 17.7 Å². The molecule has 0 aliphatic heterocycles. The third kappa shape index (κ3) is 5.09. The van der Waals surface area contributed by atoms with E-state index < -0.39 is 0 Å². The van der Waals surface area contributed by atoms with Crippen LogP contribution in [-0.4, -0.2) is 31.5 Å². The van der Waals surface area contributed by atoms with E-state index in [2.05, 4.69) is 0 Å². The van der Waals surface area contributed by atoms with Gasteiger partial charge in [-0.3, -0.25) is 4.79 Å². The molecule has 2 N–H and O–H groups in total. The summed E-state index contributed by atoms with van der Waals surface area (Å²) in [4.78, 5) is 12.9. The number of nitrogens with zero attached hydrogens (tertiary/aromatic N) is 1. The predicted molar refractivity (Wildman–Crippen MR) is 77.5 cm³/mol. The summed E-state index contributed by atoms with van der Waals surface area (Å²) >= 11 is 6.11.